The molecule has 1 aliphatic rings. The van der Waals surface area contributed by atoms with Gasteiger partial charge in [-0.25, -0.2) is 4.39 Å². The minimum absolute atomic E-state index is 0.137. The fourth-order valence-electron chi connectivity index (χ4n) is 3.47. The van der Waals surface area contributed by atoms with E-state index in [9.17, 15) is 14.0 Å². The molecule has 2 heterocycles. The van der Waals surface area contributed by atoms with Crippen molar-refractivity contribution in [1.82, 2.24) is 25.1 Å². The van der Waals surface area contributed by atoms with Gasteiger partial charge in [-0.1, -0.05) is 35.4 Å². The molecule has 0 saturated carbocycles. The van der Waals surface area contributed by atoms with Crippen molar-refractivity contribution < 1.29 is 14.0 Å². The van der Waals surface area contributed by atoms with Crippen LogP contribution in [0.15, 0.2) is 54.6 Å². The van der Waals surface area contributed by atoms with Gasteiger partial charge < -0.3 is 4.90 Å². The Labute approximate surface area is 172 Å². The van der Waals surface area contributed by atoms with Crippen LogP contribution >= 0.6 is 0 Å². The molecule has 8 nitrogen and oxygen atoms in total. The smallest absolute Gasteiger partial charge is 0.270 e. The van der Waals surface area contributed by atoms with E-state index in [4.69, 9.17) is 0 Å². The number of rotatable bonds is 5. The lowest BCUT2D eigenvalue weighted by atomic mass is 9.96. The molecule has 0 spiro atoms. The van der Waals surface area contributed by atoms with Crippen molar-refractivity contribution in [3.63, 3.8) is 0 Å². The lowest BCUT2D eigenvalue weighted by molar-refractivity contribution is -0.121. The number of likely N-dealkylation sites (tertiary alicyclic amines) is 1. The number of piperidine rings is 1. The summed E-state index contributed by atoms with van der Waals surface area (Å²) < 4.78 is 13.1. The summed E-state index contributed by atoms with van der Waals surface area (Å²) in [7, 11) is 0. The van der Waals surface area contributed by atoms with E-state index in [1.165, 1.54) is 29.1 Å². The van der Waals surface area contributed by atoms with Crippen LogP contribution in [-0.2, 0) is 11.3 Å². The van der Waals surface area contributed by atoms with E-state index in [1.807, 2.05) is 30.3 Å². The van der Waals surface area contributed by atoms with Crippen LogP contribution in [0, 0.1) is 11.7 Å². The number of aromatic nitrogens is 4. The zero-order valence-corrected chi connectivity index (χ0v) is 16.2. The number of hydrogen-bond acceptors (Lipinski definition) is 5. The van der Waals surface area contributed by atoms with E-state index in [0.717, 1.165) is 5.56 Å². The molecule has 1 N–H and O–H groups in total. The summed E-state index contributed by atoms with van der Waals surface area (Å²) in [5.74, 6) is -1.08. The van der Waals surface area contributed by atoms with Gasteiger partial charge in [0.25, 0.3) is 11.9 Å². The normalized spacial score (nSPS) is 16.3. The largest absolute Gasteiger partial charge is 0.338 e. The van der Waals surface area contributed by atoms with Crippen LogP contribution in [-0.4, -0.2) is 50.0 Å². The van der Waals surface area contributed by atoms with Gasteiger partial charge in [-0.05, 0) is 47.9 Å². The Morgan fingerprint density at radius 1 is 1.10 bits per heavy atom. The highest BCUT2D eigenvalue weighted by Gasteiger charge is 2.29. The Balaban J connectivity index is 1.35. The molecule has 2 aromatic carbocycles. The van der Waals surface area contributed by atoms with Crippen LogP contribution in [0.4, 0.5) is 10.3 Å². The Bertz CT molecular complexity index is 1020. The van der Waals surface area contributed by atoms with Gasteiger partial charge in [0.05, 0.1) is 12.5 Å². The maximum Gasteiger partial charge on any atom is 0.270 e. The van der Waals surface area contributed by atoms with E-state index < -0.39 is 5.82 Å². The molecule has 1 aliphatic heterocycles. The summed E-state index contributed by atoms with van der Waals surface area (Å²) in [5.41, 5.74) is 1.43. The van der Waals surface area contributed by atoms with Crippen molar-refractivity contribution in [2.45, 2.75) is 19.4 Å². The second-order valence-corrected chi connectivity index (χ2v) is 7.22. The molecule has 0 aliphatic carbocycles. The molecule has 4 rings (SSSR count). The number of amides is 2. The number of hydrogen-bond donors (Lipinski definition) is 1. The fraction of sp³-hybridized carbons (Fsp3) is 0.286. The predicted octanol–water partition coefficient (Wildman–Crippen LogP) is 2.35. The highest BCUT2D eigenvalue weighted by atomic mass is 19.1. The predicted molar refractivity (Wildman–Crippen MR) is 107 cm³/mol. The maximum absolute atomic E-state index is 13.1. The van der Waals surface area contributed by atoms with E-state index in [2.05, 4.69) is 20.7 Å². The number of carbonyl (C=O) groups excluding carboxylic acids is 2. The molecular formula is C21H21FN6O2. The summed E-state index contributed by atoms with van der Waals surface area (Å²) in [4.78, 5) is 28.4. The highest BCUT2D eigenvalue weighted by molar-refractivity contribution is 5.95. The molecule has 9 heteroatoms. The van der Waals surface area contributed by atoms with Crippen molar-refractivity contribution in [3.8, 4) is 0 Å². The van der Waals surface area contributed by atoms with Crippen molar-refractivity contribution in [1.29, 1.82) is 0 Å². The maximum atomic E-state index is 13.1. The molecule has 0 radical (unpaired) electrons. The topological polar surface area (TPSA) is 93.0 Å². The fourth-order valence-corrected chi connectivity index (χ4v) is 3.47. The first kappa shape index (κ1) is 19.7. The van der Waals surface area contributed by atoms with Crippen molar-refractivity contribution in [2.24, 2.45) is 5.92 Å². The molecule has 1 saturated heterocycles. The number of benzene rings is 2. The minimum Gasteiger partial charge on any atom is -0.338 e. The van der Waals surface area contributed by atoms with Crippen molar-refractivity contribution in [3.05, 3.63) is 71.5 Å². The lowest BCUT2D eigenvalue weighted by Crippen LogP contribution is -2.43. The van der Waals surface area contributed by atoms with Crippen LogP contribution < -0.4 is 5.32 Å². The zero-order chi connectivity index (χ0) is 20.9. The molecular weight excluding hydrogens is 387 g/mol. The Morgan fingerprint density at radius 2 is 1.87 bits per heavy atom. The Kier molecular flexibility index (Phi) is 5.78. The molecule has 0 bridgehead atoms. The van der Waals surface area contributed by atoms with Crippen LogP contribution in [0.1, 0.15) is 28.8 Å². The standard InChI is InChI=1S/C21H21FN6O2/c22-18-10-8-16(9-11-18)20(30)27-12-4-7-17(14-27)19(29)23-21-24-26-28(25-21)13-15-5-2-1-3-6-15/h1-3,5-6,8-11,17H,4,7,12-14H2,(H,23,25,29). The van der Waals surface area contributed by atoms with Crippen molar-refractivity contribution >= 4 is 17.8 Å². The summed E-state index contributed by atoms with van der Waals surface area (Å²) in [6, 6.07) is 15.1. The van der Waals surface area contributed by atoms with Gasteiger partial charge in [0.1, 0.15) is 5.82 Å². The Hall–Kier alpha value is -3.62. The lowest BCUT2D eigenvalue weighted by Gasteiger charge is -2.31. The monoisotopic (exact) mass is 408 g/mol. The number of halogens is 1. The van der Waals surface area contributed by atoms with Crippen LogP contribution in [0.5, 0.6) is 0 Å². The summed E-state index contributed by atoms with van der Waals surface area (Å²) in [6.45, 7) is 1.30. The molecule has 154 valence electrons. The average molecular weight is 408 g/mol. The van der Waals surface area contributed by atoms with Gasteiger partial charge in [-0.3, -0.25) is 14.9 Å². The van der Waals surface area contributed by atoms with Crippen molar-refractivity contribution in [2.75, 3.05) is 18.4 Å². The van der Waals surface area contributed by atoms with Gasteiger partial charge in [-0.15, -0.1) is 5.10 Å². The van der Waals surface area contributed by atoms with Gasteiger partial charge in [-0.2, -0.15) is 4.80 Å². The second kappa shape index (κ2) is 8.81. The van der Waals surface area contributed by atoms with Gasteiger partial charge >= 0.3 is 0 Å². The number of nitrogens with zero attached hydrogens (tertiary/aromatic N) is 5. The summed E-state index contributed by atoms with van der Waals surface area (Å²) >= 11 is 0. The molecule has 1 fully saturated rings. The third-order valence-electron chi connectivity index (χ3n) is 5.03. The second-order valence-electron chi connectivity index (χ2n) is 7.22. The molecule has 1 unspecified atom stereocenters. The Morgan fingerprint density at radius 3 is 2.63 bits per heavy atom. The molecule has 1 aromatic heterocycles. The van der Waals surface area contributed by atoms with E-state index >= 15 is 0 Å². The van der Waals surface area contributed by atoms with E-state index in [-0.39, 0.29) is 23.7 Å². The van der Waals surface area contributed by atoms with E-state index in [0.29, 0.717) is 38.0 Å². The van der Waals surface area contributed by atoms with Gasteiger partial charge in [0.15, 0.2) is 0 Å². The summed E-state index contributed by atoms with van der Waals surface area (Å²) in [5, 5.41) is 14.7. The van der Waals surface area contributed by atoms with Crippen LogP contribution in [0.25, 0.3) is 0 Å². The first-order chi connectivity index (χ1) is 14.6. The number of tetrazole rings is 1. The zero-order valence-electron chi connectivity index (χ0n) is 16.2. The molecule has 30 heavy (non-hydrogen) atoms. The number of carbonyl (C=O) groups is 2. The highest BCUT2D eigenvalue weighted by Crippen LogP contribution is 2.20. The van der Waals surface area contributed by atoms with Crippen LogP contribution in [0.2, 0.25) is 0 Å². The van der Waals surface area contributed by atoms with E-state index in [1.54, 1.807) is 4.90 Å². The van der Waals surface area contributed by atoms with Crippen LogP contribution in [0.3, 0.4) is 0 Å². The molecule has 1 atom stereocenters. The third kappa shape index (κ3) is 4.68. The first-order valence-corrected chi connectivity index (χ1v) is 9.76. The minimum atomic E-state index is -0.393. The number of nitrogens with one attached hydrogen (secondary N) is 1. The molecule has 2 amide bonds. The SMILES string of the molecule is O=C(Nc1nnn(Cc2ccccc2)n1)C1CCCN(C(=O)c2ccc(F)cc2)C1. The molecule has 3 aromatic rings. The average Bonchev–Trinajstić information content (AvgIpc) is 3.21. The first-order valence-electron chi connectivity index (χ1n) is 9.76. The third-order valence-corrected chi connectivity index (χ3v) is 5.03. The quantitative estimate of drug-likeness (QED) is 0.700. The van der Waals surface area contributed by atoms with Gasteiger partial charge in [0, 0.05) is 18.7 Å². The number of anilines is 1. The summed E-state index contributed by atoms with van der Waals surface area (Å²) in [6.07, 6.45) is 1.37. The van der Waals surface area contributed by atoms with Gasteiger partial charge in [0.2, 0.25) is 5.91 Å².